The zero-order valence-electron chi connectivity index (χ0n) is 31.6. The van der Waals surface area contributed by atoms with Crippen LogP contribution in [0, 0.1) is 23.7 Å². The highest BCUT2D eigenvalue weighted by Crippen LogP contribution is 2.66. The Hall–Kier alpha value is 2.03. The fourth-order valence-corrected chi connectivity index (χ4v) is 16.7. The molecule has 0 aliphatic rings. The molecule has 0 bridgehead atoms. The molecule has 20 heteroatoms. The van der Waals surface area contributed by atoms with E-state index in [9.17, 15) is 18.6 Å². The molecule has 296 valence electrons. The van der Waals surface area contributed by atoms with Gasteiger partial charge in [-0.05, 0) is 104 Å². The van der Waals surface area contributed by atoms with E-state index in [0.717, 1.165) is 40.6 Å². The van der Waals surface area contributed by atoms with Gasteiger partial charge in [0.2, 0.25) is 0 Å². The first-order valence-electron chi connectivity index (χ1n) is 16.8. The third-order valence-electron chi connectivity index (χ3n) is 5.59. The summed E-state index contributed by atoms with van der Waals surface area (Å²) >= 11 is 7.98. The van der Waals surface area contributed by atoms with Crippen molar-refractivity contribution in [3.05, 3.63) is 0 Å². The van der Waals surface area contributed by atoms with Crippen LogP contribution in [-0.2, 0) is 61.7 Å². The van der Waals surface area contributed by atoms with Gasteiger partial charge in [-0.3, -0.25) is 9.05 Å². The first-order valence-corrected chi connectivity index (χ1v) is 28.8. The van der Waals surface area contributed by atoms with Crippen LogP contribution in [0.5, 0.6) is 0 Å². The lowest BCUT2D eigenvalue weighted by molar-refractivity contribution is 0.137. The Morgan fingerprint density at radius 1 is 0.531 bits per heavy atom. The minimum Gasteiger partial charge on any atom is -0.324 e. The van der Waals surface area contributed by atoms with Crippen LogP contribution in [0.1, 0.15) is 96.4 Å². The van der Waals surface area contributed by atoms with E-state index >= 15 is 0 Å². The van der Waals surface area contributed by atoms with E-state index in [4.69, 9.17) is 48.0 Å². The van der Waals surface area contributed by atoms with Crippen LogP contribution in [0.3, 0.4) is 0 Å². The van der Waals surface area contributed by atoms with Crippen LogP contribution in [0.4, 0.5) is 0 Å². The van der Waals surface area contributed by atoms with Crippen LogP contribution in [0.15, 0.2) is 0 Å². The normalized spacial score (nSPS) is 19.1. The zero-order chi connectivity index (χ0) is 38.1. The van der Waals surface area contributed by atoms with Gasteiger partial charge >= 0.3 is 27.1 Å². The summed E-state index contributed by atoms with van der Waals surface area (Å²) < 4.78 is 87.4. The summed E-state index contributed by atoms with van der Waals surface area (Å²) in [6.45, 7) is 10.8. The fourth-order valence-electron chi connectivity index (χ4n) is 3.01. The van der Waals surface area contributed by atoms with Gasteiger partial charge in [-0.25, -0.2) is 13.7 Å². The van der Waals surface area contributed by atoms with Crippen LogP contribution >= 0.6 is 61.3 Å². The van der Waals surface area contributed by atoms with Crippen molar-refractivity contribution in [1.29, 1.82) is 0 Å². The summed E-state index contributed by atoms with van der Waals surface area (Å²) in [6, 6.07) is 0. The predicted molar refractivity (Wildman–Crippen MR) is 212 cm³/mol. The molecule has 0 aromatic rings. The SMILES string of the molecule is CCC(C)COP(=O)(OCC(C)C)SCC(C)OP(=O)(OC(C)CSP(=O)(OCC(C)C)OCC(C)C)SCC(C)OP(O)(=S)OC(C)C. The van der Waals surface area contributed by atoms with E-state index in [1.165, 1.54) is 0 Å². The molecule has 0 spiro atoms. The molecule has 0 amide bonds. The highest BCUT2D eigenvalue weighted by atomic mass is 32.7. The molecule has 0 radical (unpaired) electrons. The molecule has 7 atom stereocenters. The monoisotopic (exact) mass is 856 g/mol. The molecule has 1 N–H and O–H groups in total. The second-order valence-electron chi connectivity index (χ2n) is 13.5. The van der Waals surface area contributed by atoms with Gasteiger partial charge in [0.05, 0.1) is 50.8 Å². The van der Waals surface area contributed by atoms with Crippen molar-refractivity contribution >= 4 is 73.1 Å². The Bertz CT molecular complexity index is 1090. The summed E-state index contributed by atoms with van der Waals surface area (Å²) in [5, 5.41) is 0. The Morgan fingerprint density at radius 3 is 1.18 bits per heavy atom. The van der Waals surface area contributed by atoms with E-state index in [2.05, 4.69) is 0 Å². The maximum absolute atomic E-state index is 14.3. The molecule has 49 heavy (non-hydrogen) atoms. The zero-order valence-corrected chi connectivity index (χ0v) is 38.5. The van der Waals surface area contributed by atoms with Crippen LogP contribution in [0.25, 0.3) is 0 Å². The highest BCUT2D eigenvalue weighted by Gasteiger charge is 2.36. The predicted octanol–water partition coefficient (Wildman–Crippen LogP) is 11.4. The summed E-state index contributed by atoms with van der Waals surface area (Å²) in [6.07, 6.45) is -1.55. The molecule has 0 aliphatic heterocycles. The van der Waals surface area contributed by atoms with Gasteiger partial charge in [0.1, 0.15) is 0 Å². The summed E-state index contributed by atoms with van der Waals surface area (Å²) in [5.74, 6) is 0.989. The van der Waals surface area contributed by atoms with Crippen molar-refractivity contribution in [2.45, 2.75) is 121 Å². The standard InChI is InChI=1S/C29H64O12P4S4/c1-14-26(10)18-37-44(32,36-17-24(6)7)48-21-29(13)41-45(33,49-19-27(11)39-42(30,46)38-25(8)9)40-28(12)20-47-43(31,34-15-22(2)3)35-16-23(4)5/h22-29H,14-21H2,1-13H3,(H,30,46). The third kappa shape index (κ3) is 26.5. The van der Waals surface area contributed by atoms with Gasteiger partial charge in [0, 0.05) is 17.3 Å². The van der Waals surface area contributed by atoms with Gasteiger partial charge in [-0.2, -0.15) is 0 Å². The molecule has 0 heterocycles. The average molecular weight is 857 g/mol. The second-order valence-corrected chi connectivity index (χ2v) is 28.5. The average Bonchev–Trinajstić information content (AvgIpc) is 2.97. The van der Waals surface area contributed by atoms with E-state index in [-0.39, 0.29) is 73.5 Å². The van der Waals surface area contributed by atoms with Gasteiger partial charge in [-0.15, -0.1) is 0 Å². The Kier molecular flexibility index (Phi) is 26.3. The summed E-state index contributed by atoms with van der Waals surface area (Å²) in [5.41, 5.74) is 0. The van der Waals surface area contributed by atoms with Gasteiger partial charge < -0.3 is 32.0 Å². The third-order valence-corrected chi connectivity index (χ3v) is 19.3. The Balaban J connectivity index is 5.89. The fraction of sp³-hybridized carbons (Fsp3) is 1.00. The topological polar surface area (TPSA) is 145 Å². The molecular formula is C29H64O12P4S4. The molecule has 0 rings (SSSR count). The molecule has 7 unspecified atom stereocenters. The molecule has 0 fully saturated rings. The van der Waals surface area contributed by atoms with Crippen LogP contribution < -0.4 is 0 Å². The largest absolute Gasteiger partial charge is 0.389 e. The minimum absolute atomic E-state index is 0.0823. The van der Waals surface area contributed by atoms with Crippen molar-refractivity contribution in [2.75, 3.05) is 43.7 Å². The van der Waals surface area contributed by atoms with Gasteiger partial charge in [0.15, 0.2) is 0 Å². The molecule has 0 aliphatic carbocycles. The number of hydrogen-bond acceptors (Lipinski definition) is 15. The van der Waals surface area contributed by atoms with E-state index < -0.39 is 45.4 Å². The lowest BCUT2D eigenvalue weighted by Crippen LogP contribution is -2.17. The van der Waals surface area contributed by atoms with Crippen LogP contribution in [-0.4, -0.2) is 73.0 Å². The maximum Gasteiger partial charge on any atom is 0.389 e. The van der Waals surface area contributed by atoms with Crippen molar-refractivity contribution in [2.24, 2.45) is 23.7 Å². The van der Waals surface area contributed by atoms with E-state index in [1.807, 2.05) is 55.4 Å². The van der Waals surface area contributed by atoms with Crippen LogP contribution in [0.2, 0.25) is 0 Å². The summed E-state index contributed by atoms with van der Waals surface area (Å²) in [7, 11) is 0. The Morgan fingerprint density at radius 2 is 0.857 bits per heavy atom. The van der Waals surface area contributed by atoms with Crippen molar-refractivity contribution < 1.29 is 54.8 Å². The van der Waals surface area contributed by atoms with Crippen molar-refractivity contribution in [3.8, 4) is 0 Å². The van der Waals surface area contributed by atoms with E-state index in [0.29, 0.717) is 0 Å². The van der Waals surface area contributed by atoms with Gasteiger partial charge in [-0.1, -0.05) is 61.8 Å². The Labute approximate surface area is 314 Å². The second kappa shape index (κ2) is 25.2. The molecular weight excluding hydrogens is 792 g/mol. The number of rotatable bonds is 30. The van der Waals surface area contributed by atoms with Gasteiger partial charge in [0.25, 0.3) is 0 Å². The number of hydrogen-bond donors (Lipinski definition) is 1. The quantitative estimate of drug-likeness (QED) is 0.0683. The minimum atomic E-state index is -3.95. The molecule has 0 aromatic heterocycles. The summed E-state index contributed by atoms with van der Waals surface area (Å²) in [4.78, 5) is 10.4. The molecule has 0 aromatic carbocycles. The first-order chi connectivity index (χ1) is 22.4. The molecule has 0 saturated heterocycles. The maximum atomic E-state index is 14.3. The lowest BCUT2D eigenvalue weighted by Gasteiger charge is -2.28. The highest BCUT2D eigenvalue weighted by molar-refractivity contribution is 8.56. The first kappa shape index (κ1) is 51.0. The van der Waals surface area contributed by atoms with Crippen molar-refractivity contribution in [1.82, 2.24) is 0 Å². The lowest BCUT2D eigenvalue weighted by atomic mass is 10.1. The smallest absolute Gasteiger partial charge is 0.324 e. The van der Waals surface area contributed by atoms with E-state index in [1.54, 1.807) is 34.6 Å². The molecule has 0 saturated carbocycles. The van der Waals surface area contributed by atoms with Crippen molar-refractivity contribution in [3.63, 3.8) is 0 Å². The molecule has 12 nitrogen and oxygen atoms in total.